The molecule has 2 aromatic rings. The molecule has 0 saturated carbocycles. The van der Waals surface area contributed by atoms with Crippen molar-refractivity contribution in [1.82, 2.24) is 4.72 Å². The molecule has 1 amide bonds. The Morgan fingerprint density at radius 3 is 2.26 bits per heavy atom. The summed E-state index contributed by atoms with van der Waals surface area (Å²) in [5, 5.41) is 3.99. The molecule has 2 atom stereocenters. The van der Waals surface area contributed by atoms with Crippen molar-refractivity contribution in [3.05, 3.63) is 65.7 Å². The number of nitrogens with one attached hydrogen (secondary N) is 1. The summed E-state index contributed by atoms with van der Waals surface area (Å²) in [5.74, 6) is -0.542. The van der Waals surface area contributed by atoms with E-state index in [0.717, 1.165) is 11.1 Å². The maximum atomic E-state index is 12.3. The zero-order chi connectivity index (χ0) is 18.8. The van der Waals surface area contributed by atoms with Crippen molar-refractivity contribution in [2.45, 2.75) is 36.7 Å². The maximum absolute atomic E-state index is 12.3. The van der Waals surface area contributed by atoms with Gasteiger partial charge < -0.3 is 6.26 Å². The second-order valence-electron chi connectivity index (χ2n) is 6.12. The molecule has 2 aromatic carbocycles. The van der Waals surface area contributed by atoms with E-state index in [1.807, 2.05) is 42.0 Å². The van der Waals surface area contributed by atoms with Gasteiger partial charge in [0.05, 0.1) is 16.5 Å². The molecule has 27 heavy (non-hydrogen) atoms. The minimum absolute atomic E-state index is 0. The molecule has 0 aliphatic carbocycles. The van der Waals surface area contributed by atoms with Crippen LogP contribution in [0.1, 0.15) is 32.8 Å². The van der Waals surface area contributed by atoms with Crippen LogP contribution < -0.4 is 34.3 Å². The SMILES string of the molecule is CCC(=O)NS(=O)(=O)c1ccc(C2(c3ccccc3)C=NOC2C)cc1.[H-].[Na+]. The molecule has 1 heterocycles. The van der Waals surface area contributed by atoms with Crippen LogP contribution in [-0.2, 0) is 25.1 Å². The molecule has 0 bridgehead atoms. The topological polar surface area (TPSA) is 84.8 Å². The van der Waals surface area contributed by atoms with Crippen LogP contribution in [0.5, 0.6) is 0 Å². The van der Waals surface area contributed by atoms with Gasteiger partial charge in [-0.15, -0.1) is 0 Å². The van der Waals surface area contributed by atoms with E-state index in [2.05, 4.69) is 5.16 Å². The van der Waals surface area contributed by atoms with Gasteiger partial charge in [0.2, 0.25) is 5.91 Å². The van der Waals surface area contributed by atoms with E-state index < -0.39 is 21.3 Å². The second kappa shape index (κ2) is 8.56. The Kier molecular flexibility index (Phi) is 6.86. The number of carbonyl (C=O) groups is 1. The molecule has 0 saturated heterocycles. The van der Waals surface area contributed by atoms with Crippen LogP contribution in [0.25, 0.3) is 0 Å². The first-order valence-electron chi connectivity index (χ1n) is 8.32. The summed E-state index contributed by atoms with van der Waals surface area (Å²) in [6.45, 7) is 3.52. The summed E-state index contributed by atoms with van der Waals surface area (Å²) in [6, 6.07) is 16.2. The van der Waals surface area contributed by atoms with Gasteiger partial charge >= 0.3 is 29.6 Å². The Labute approximate surface area is 182 Å². The number of carbonyl (C=O) groups excluding carboxylic acids is 1. The molecule has 0 fully saturated rings. The van der Waals surface area contributed by atoms with Gasteiger partial charge in [-0.2, -0.15) is 0 Å². The fraction of sp³-hybridized carbons (Fsp3) is 0.263. The number of nitrogens with zero attached hydrogens (tertiary/aromatic N) is 1. The van der Waals surface area contributed by atoms with Gasteiger partial charge in [-0.1, -0.05) is 54.5 Å². The normalized spacial score (nSPS) is 21.2. The van der Waals surface area contributed by atoms with E-state index in [1.54, 1.807) is 25.3 Å². The molecule has 3 rings (SSSR count). The monoisotopic (exact) mass is 396 g/mol. The van der Waals surface area contributed by atoms with Gasteiger partial charge in [0.1, 0.15) is 6.10 Å². The molecule has 1 aliphatic heterocycles. The molecular formula is C19H21N2NaO4S. The van der Waals surface area contributed by atoms with E-state index in [0.29, 0.717) is 0 Å². The van der Waals surface area contributed by atoms with Crippen LogP contribution >= 0.6 is 0 Å². The summed E-state index contributed by atoms with van der Waals surface area (Å²) in [5.41, 5.74) is 1.26. The quantitative estimate of drug-likeness (QED) is 0.704. The number of hydrogen-bond acceptors (Lipinski definition) is 5. The minimum Gasteiger partial charge on any atom is -1.00 e. The van der Waals surface area contributed by atoms with Crippen LogP contribution in [0, 0.1) is 0 Å². The van der Waals surface area contributed by atoms with Crippen molar-refractivity contribution in [1.29, 1.82) is 0 Å². The van der Waals surface area contributed by atoms with Crippen LogP contribution in [0.2, 0.25) is 0 Å². The van der Waals surface area contributed by atoms with Gasteiger partial charge in [-0.3, -0.25) is 4.79 Å². The Morgan fingerprint density at radius 1 is 1.15 bits per heavy atom. The Hall–Kier alpha value is -1.67. The molecule has 8 heteroatoms. The molecule has 0 radical (unpaired) electrons. The summed E-state index contributed by atoms with van der Waals surface area (Å²) in [7, 11) is -3.87. The van der Waals surface area contributed by atoms with Crippen molar-refractivity contribution < 1.29 is 49.0 Å². The average Bonchev–Trinajstić information content (AvgIpc) is 3.04. The van der Waals surface area contributed by atoms with Crippen LogP contribution in [0.15, 0.2) is 64.6 Å². The van der Waals surface area contributed by atoms with Crippen LogP contribution in [0.3, 0.4) is 0 Å². The third-order valence-corrected chi connectivity index (χ3v) is 5.97. The van der Waals surface area contributed by atoms with E-state index in [1.165, 1.54) is 12.1 Å². The smallest absolute Gasteiger partial charge is 1.00 e. The molecule has 1 aliphatic rings. The van der Waals surface area contributed by atoms with Gasteiger partial charge in [-0.25, -0.2) is 13.1 Å². The van der Waals surface area contributed by atoms with Crippen LogP contribution in [-0.4, -0.2) is 26.6 Å². The summed E-state index contributed by atoms with van der Waals surface area (Å²) in [4.78, 5) is 16.9. The molecule has 0 aromatic heterocycles. The molecular weight excluding hydrogens is 375 g/mol. The summed E-state index contributed by atoms with van der Waals surface area (Å²) >= 11 is 0. The standard InChI is InChI=1S/C19H20N2O4S.Na.H/c1-3-18(22)21-26(23,24)17-11-9-16(10-12-17)19(13-20-25-14(19)2)15-7-5-4-6-8-15;;/h4-14H,3H2,1-2H3,(H,21,22);;/q;+1;-1. The van der Waals surface area contributed by atoms with Crippen LogP contribution in [0.4, 0.5) is 0 Å². The van der Waals surface area contributed by atoms with Gasteiger partial charge in [-0.05, 0) is 30.2 Å². The maximum Gasteiger partial charge on any atom is 1.00 e. The van der Waals surface area contributed by atoms with Gasteiger partial charge in [0, 0.05) is 6.42 Å². The van der Waals surface area contributed by atoms with Gasteiger partial charge in [0.25, 0.3) is 10.0 Å². The molecule has 2 unspecified atom stereocenters. The number of benzene rings is 2. The van der Waals surface area contributed by atoms with Crippen molar-refractivity contribution >= 4 is 22.1 Å². The fourth-order valence-electron chi connectivity index (χ4n) is 3.08. The zero-order valence-corrected chi connectivity index (χ0v) is 18.4. The number of amides is 1. The molecule has 1 N–H and O–H groups in total. The van der Waals surface area contributed by atoms with Gasteiger partial charge in [0.15, 0.2) is 0 Å². The van der Waals surface area contributed by atoms with E-state index in [9.17, 15) is 13.2 Å². The van der Waals surface area contributed by atoms with E-state index >= 15 is 0 Å². The number of sulfonamides is 1. The summed E-state index contributed by atoms with van der Waals surface area (Å²) in [6.07, 6.45) is 1.60. The molecule has 6 nitrogen and oxygen atoms in total. The average molecular weight is 396 g/mol. The number of hydrogen-bond donors (Lipinski definition) is 1. The first kappa shape index (κ1) is 21.6. The van der Waals surface area contributed by atoms with Crippen molar-refractivity contribution in [2.75, 3.05) is 0 Å². The van der Waals surface area contributed by atoms with Crippen molar-refractivity contribution in [2.24, 2.45) is 5.16 Å². The molecule has 138 valence electrons. The number of rotatable bonds is 5. The predicted molar refractivity (Wildman–Crippen MR) is 99.4 cm³/mol. The minimum atomic E-state index is -3.87. The van der Waals surface area contributed by atoms with E-state index in [4.69, 9.17) is 4.84 Å². The fourth-order valence-corrected chi connectivity index (χ4v) is 4.14. The number of oxime groups is 1. The molecule has 0 spiro atoms. The van der Waals surface area contributed by atoms with Crippen molar-refractivity contribution in [3.8, 4) is 0 Å². The summed E-state index contributed by atoms with van der Waals surface area (Å²) < 4.78 is 26.6. The largest absolute Gasteiger partial charge is 1.00 e. The third-order valence-electron chi connectivity index (χ3n) is 4.58. The zero-order valence-electron chi connectivity index (χ0n) is 16.5. The third kappa shape index (κ3) is 4.11. The second-order valence-corrected chi connectivity index (χ2v) is 7.81. The van der Waals surface area contributed by atoms with Crippen molar-refractivity contribution in [3.63, 3.8) is 0 Å². The van der Waals surface area contributed by atoms with E-state index in [-0.39, 0.29) is 48.4 Å². The Bertz CT molecular complexity index is 936. The Morgan fingerprint density at radius 2 is 1.74 bits per heavy atom. The first-order valence-corrected chi connectivity index (χ1v) is 9.80. The Balaban J connectivity index is 0.00000196. The predicted octanol–water partition coefficient (Wildman–Crippen LogP) is -0.291. The first-order chi connectivity index (χ1) is 12.4.